The maximum Gasteiger partial charge on any atom is -0.0116 e. The molecular formula is C42H39P3. The Balaban J connectivity index is 1.38. The lowest BCUT2D eigenvalue weighted by molar-refractivity contribution is 0.531. The molecule has 7 rings (SSSR count). The summed E-state index contributed by atoms with van der Waals surface area (Å²) in [6.45, 7) is 0. The molecule has 0 unspecified atom stereocenters. The van der Waals surface area contributed by atoms with Crippen LogP contribution in [0, 0.1) is 0 Å². The van der Waals surface area contributed by atoms with Crippen molar-refractivity contribution >= 4 is 55.6 Å². The van der Waals surface area contributed by atoms with Crippen molar-refractivity contribution in [3.8, 4) is 0 Å². The molecule has 3 heteroatoms. The van der Waals surface area contributed by atoms with Crippen molar-refractivity contribution in [2.24, 2.45) is 0 Å². The third kappa shape index (κ3) is 7.06. The molecule has 0 radical (unpaired) electrons. The summed E-state index contributed by atoms with van der Waals surface area (Å²) in [4.78, 5) is 0. The first-order valence-corrected chi connectivity index (χ1v) is 20.3. The van der Waals surface area contributed by atoms with Gasteiger partial charge in [0.2, 0.25) is 0 Å². The molecule has 1 fully saturated rings. The quantitative estimate of drug-likeness (QED) is 0.139. The molecule has 0 bridgehead atoms. The van der Waals surface area contributed by atoms with Gasteiger partial charge in [-0.1, -0.05) is 182 Å². The Bertz CT molecular complexity index is 1390. The van der Waals surface area contributed by atoms with Crippen LogP contribution in [0.2, 0.25) is 0 Å². The van der Waals surface area contributed by atoms with Crippen molar-refractivity contribution in [3.63, 3.8) is 0 Å². The van der Waals surface area contributed by atoms with Crippen LogP contribution in [0.5, 0.6) is 0 Å². The van der Waals surface area contributed by atoms with E-state index in [0.29, 0.717) is 17.0 Å². The average Bonchev–Trinajstić information content (AvgIpc) is 3.12. The van der Waals surface area contributed by atoms with Crippen molar-refractivity contribution in [2.75, 3.05) is 0 Å². The van der Waals surface area contributed by atoms with E-state index in [9.17, 15) is 0 Å². The number of hydrogen-bond acceptors (Lipinski definition) is 0. The molecule has 0 N–H and O–H groups in total. The summed E-state index contributed by atoms with van der Waals surface area (Å²) < 4.78 is 0. The van der Waals surface area contributed by atoms with Gasteiger partial charge in [0.05, 0.1) is 0 Å². The minimum atomic E-state index is -0.527. The van der Waals surface area contributed by atoms with Crippen LogP contribution in [0.3, 0.4) is 0 Å². The van der Waals surface area contributed by atoms with Crippen molar-refractivity contribution < 1.29 is 0 Å². The lowest BCUT2D eigenvalue weighted by Crippen LogP contribution is -2.39. The molecule has 0 aliphatic heterocycles. The summed E-state index contributed by atoms with van der Waals surface area (Å²) in [5.41, 5.74) is 1.80. The summed E-state index contributed by atoms with van der Waals surface area (Å²) in [5, 5.41) is 9.06. The first-order chi connectivity index (χ1) is 22.3. The number of hydrogen-bond donors (Lipinski definition) is 0. The highest BCUT2D eigenvalue weighted by Crippen LogP contribution is 2.59. The Kier molecular flexibility index (Phi) is 9.96. The summed E-state index contributed by atoms with van der Waals surface area (Å²) in [5.74, 6) is 0. The molecule has 222 valence electrons. The van der Waals surface area contributed by atoms with Gasteiger partial charge in [-0.15, -0.1) is 0 Å². The van der Waals surface area contributed by atoms with E-state index < -0.39 is 23.8 Å². The van der Waals surface area contributed by atoms with Gasteiger partial charge >= 0.3 is 0 Å². The second-order valence-corrected chi connectivity index (χ2v) is 19.3. The zero-order valence-corrected chi connectivity index (χ0v) is 28.2. The van der Waals surface area contributed by atoms with E-state index in [1.165, 1.54) is 51.1 Å². The minimum Gasteiger partial charge on any atom is -0.0622 e. The van der Waals surface area contributed by atoms with Gasteiger partial charge in [0.25, 0.3) is 0 Å². The molecule has 45 heavy (non-hydrogen) atoms. The zero-order chi connectivity index (χ0) is 30.3. The molecule has 0 spiro atoms. The van der Waals surface area contributed by atoms with E-state index in [1.54, 1.807) is 0 Å². The monoisotopic (exact) mass is 636 g/mol. The highest BCUT2D eigenvalue weighted by atomic mass is 31.1. The molecule has 0 atom stereocenters. The third-order valence-electron chi connectivity index (χ3n) is 8.93. The Labute approximate surface area is 272 Å². The lowest BCUT2D eigenvalue weighted by atomic mass is 9.99. The second-order valence-electron chi connectivity index (χ2n) is 11.8. The summed E-state index contributed by atoms with van der Waals surface area (Å²) in [6, 6.07) is 68.7. The Morgan fingerprint density at radius 3 is 0.556 bits per heavy atom. The Hall–Kier alpha value is -3.39. The van der Waals surface area contributed by atoms with E-state index in [-0.39, 0.29) is 0 Å². The van der Waals surface area contributed by atoms with E-state index in [1.807, 2.05) is 0 Å². The van der Waals surface area contributed by atoms with Gasteiger partial charge < -0.3 is 0 Å². The predicted molar refractivity (Wildman–Crippen MR) is 202 cm³/mol. The maximum atomic E-state index is 2.39. The summed E-state index contributed by atoms with van der Waals surface area (Å²) in [7, 11) is -1.58. The Morgan fingerprint density at radius 1 is 0.244 bits per heavy atom. The van der Waals surface area contributed by atoms with Gasteiger partial charge in [-0.2, -0.15) is 0 Å². The normalized spacial score (nSPS) is 18.3. The van der Waals surface area contributed by atoms with Gasteiger partial charge in [-0.3, -0.25) is 0 Å². The average molecular weight is 637 g/mol. The number of rotatable bonds is 9. The standard InChI is InChI=1S/C42H39P3/c1-7-19-34(20-8-1)43(35-21-9-2-10-22-35)40-31-41(44(36-23-11-3-12-24-36)37-25-13-4-14-26-37)33-42(32-40)45(38-27-15-5-16-28-38)39-29-17-6-18-30-39/h1-30,40-42H,31-33H2. The summed E-state index contributed by atoms with van der Waals surface area (Å²) >= 11 is 0. The molecule has 1 saturated carbocycles. The van der Waals surface area contributed by atoms with Crippen LogP contribution in [-0.2, 0) is 0 Å². The highest BCUT2D eigenvalue weighted by molar-refractivity contribution is 7.75. The molecule has 1 aliphatic rings. The summed E-state index contributed by atoms with van der Waals surface area (Å²) in [6.07, 6.45) is 3.77. The van der Waals surface area contributed by atoms with E-state index >= 15 is 0 Å². The van der Waals surface area contributed by atoms with Crippen LogP contribution in [0.15, 0.2) is 182 Å². The highest BCUT2D eigenvalue weighted by Gasteiger charge is 2.41. The fourth-order valence-corrected chi connectivity index (χ4v) is 16.8. The van der Waals surface area contributed by atoms with E-state index in [4.69, 9.17) is 0 Å². The zero-order valence-electron chi connectivity index (χ0n) is 25.5. The molecule has 0 aromatic heterocycles. The van der Waals surface area contributed by atoms with Gasteiger partial charge in [-0.05, 0) is 91.8 Å². The molecular weight excluding hydrogens is 597 g/mol. The third-order valence-corrected chi connectivity index (χ3v) is 17.5. The molecule has 0 saturated heterocycles. The van der Waals surface area contributed by atoms with Crippen molar-refractivity contribution in [2.45, 2.75) is 36.2 Å². The van der Waals surface area contributed by atoms with E-state index in [0.717, 1.165) is 0 Å². The van der Waals surface area contributed by atoms with Crippen molar-refractivity contribution in [3.05, 3.63) is 182 Å². The largest absolute Gasteiger partial charge is 0.0622 e. The number of benzene rings is 6. The first kappa shape index (κ1) is 30.3. The smallest absolute Gasteiger partial charge is 0.0116 e. The van der Waals surface area contributed by atoms with Crippen LogP contribution < -0.4 is 31.8 Å². The molecule has 0 nitrogen and oxygen atoms in total. The van der Waals surface area contributed by atoms with Gasteiger partial charge in [0.1, 0.15) is 0 Å². The van der Waals surface area contributed by atoms with Crippen molar-refractivity contribution in [1.29, 1.82) is 0 Å². The Morgan fingerprint density at radius 2 is 0.400 bits per heavy atom. The molecule has 0 heterocycles. The second kappa shape index (κ2) is 14.8. The van der Waals surface area contributed by atoms with Gasteiger partial charge in [-0.25, -0.2) is 0 Å². The maximum absolute atomic E-state index is 2.39. The van der Waals surface area contributed by atoms with Crippen LogP contribution in [0.25, 0.3) is 0 Å². The van der Waals surface area contributed by atoms with Crippen LogP contribution >= 0.6 is 23.8 Å². The topological polar surface area (TPSA) is 0 Å². The van der Waals surface area contributed by atoms with Crippen LogP contribution in [0.1, 0.15) is 19.3 Å². The minimum absolute atomic E-state index is 0.527. The molecule has 6 aromatic rings. The first-order valence-electron chi connectivity index (χ1n) is 16.0. The van der Waals surface area contributed by atoms with Crippen LogP contribution in [0.4, 0.5) is 0 Å². The van der Waals surface area contributed by atoms with Crippen molar-refractivity contribution in [1.82, 2.24) is 0 Å². The molecule has 6 aromatic carbocycles. The fraction of sp³-hybridized carbons (Fsp3) is 0.143. The molecule has 1 aliphatic carbocycles. The van der Waals surface area contributed by atoms with Crippen LogP contribution in [-0.4, -0.2) is 17.0 Å². The van der Waals surface area contributed by atoms with E-state index in [2.05, 4.69) is 182 Å². The SMILES string of the molecule is c1ccc(P(c2ccccc2)C2CC(P(c3ccccc3)c3ccccc3)CC(P(c3ccccc3)c3ccccc3)C2)cc1. The van der Waals surface area contributed by atoms with Gasteiger partial charge in [0, 0.05) is 0 Å². The lowest BCUT2D eigenvalue weighted by Gasteiger charge is -2.45. The predicted octanol–water partition coefficient (Wildman–Crippen LogP) is 8.67. The molecule has 0 amide bonds. The fourth-order valence-electron chi connectivity index (χ4n) is 7.11. The van der Waals surface area contributed by atoms with Gasteiger partial charge in [0.15, 0.2) is 0 Å².